The number of hydrogen-bond donors (Lipinski definition) is 0. The third kappa shape index (κ3) is 5.80. The van der Waals surface area contributed by atoms with Crippen LogP contribution >= 0.6 is 23.2 Å². The van der Waals surface area contributed by atoms with Crippen molar-refractivity contribution in [3.8, 4) is 0 Å². The second-order valence-corrected chi connectivity index (χ2v) is 7.59. The van der Waals surface area contributed by atoms with E-state index in [1.165, 1.54) is 5.56 Å². The van der Waals surface area contributed by atoms with Gasteiger partial charge in [-0.05, 0) is 60.6 Å². The highest BCUT2D eigenvalue weighted by Gasteiger charge is 2.15. The Kier molecular flexibility index (Phi) is 7.05. The minimum atomic E-state index is -0.00784. The van der Waals surface area contributed by atoms with Crippen LogP contribution in [-0.4, -0.2) is 24.3 Å². The first-order valence-electron chi connectivity index (χ1n) is 9.00. The van der Waals surface area contributed by atoms with Crippen molar-refractivity contribution in [2.45, 2.75) is 6.54 Å². The molecule has 4 heteroatoms. The zero-order valence-electron chi connectivity index (χ0n) is 15.6. The van der Waals surface area contributed by atoms with E-state index in [9.17, 15) is 4.79 Å². The van der Waals surface area contributed by atoms with Crippen molar-refractivity contribution in [2.24, 2.45) is 0 Å². The monoisotopic (exact) mass is 409 g/mol. The Morgan fingerprint density at radius 2 is 1.43 bits per heavy atom. The number of carbonyl (C=O) groups is 1. The fourth-order valence-electron chi connectivity index (χ4n) is 2.97. The lowest BCUT2D eigenvalue weighted by Gasteiger charge is -2.19. The first-order valence-corrected chi connectivity index (χ1v) is 9.76. The molecule has 0 bridgehead atoms. The number of halogens is 2. The van der Waals surface area contributed by atoms with Gasteiger partial charge in [-0.15, -0.1) is 0 Å². The number of nitrogens with zero attached hydrogens (tertiary/aromatic N) is 1. The Hall–Kier alpha value is -2.39. The molecule has 0 saturated heterocycles. The van der Waals surface area contributed by atoms with Crippen molar-refractivity contribution < 1.29 is 4.79 Å². The van der Waals surface area contributed by atoms with E-state index in [0.29, 0.717) is 27.7 Å². The number of likely N-dealkylation sites (N-methyl/N-ethyl adjacent to an activating group) is 1. The molecule has 0 saturated carbocycles. The Balaban J connectivity index is 1.86. The van der Waals surface area contributed by atoms with Crippen LogP contribution in [0.3, 0.4) is 0 Å². The molecule has 2 nitrogen and oxygen atoms in total. The van der Waals surface area contributed by atoms with Crippen LogP contribution in [0, 0.1) is 0 Å². The number of ketones is 1. The average Bonchev–Trinajstić information content (AvgIpc) is 2.70. The summed E-state index contributed by atoms with van der Waals surface area (Å²) in [7, 11) is 2.01. The average molecular weight is 410 g/mol. The summed E-state index contributed by atoms with van der Waals surface area (Å²) in [4.78, 5) is 15.3. The van der Waals surface area contributed by atoms with Crippen LogP contribution in [0.5, 0.6) is 0 Å². The molecular formula is C24H21Cl2NO. The molecule has 0 spiro atoms. The maximum absolute atomic E-state index is 13.2. The highest BCUT2D eigenvalue weighted by molar-refractivity contribution is 6.31. The normalized spacial score (nSPS) is 11.6. The summed E-state index contributed by atoms with van der Waals surface area (Å²) >= 11 is 12.0. The van der Waals surface area contributed by atoms with Crippen molar-refractivity contribution in [3.63, 3.8) is 0 Å². The maximum Gasteiger partial charge on any atom is 0.190 e. The van der Waals surface area contributed by atoms with Crippen molar-refractivity contribution >= 4 is 35.1 Å². The van der Waals surface area contributed by atoms with Gasteiger partial charge >= 0.3 is 0 Å². The Morgan fingerprint density at radius 3 is 2.04 bits per heavy atom. The summed E-state index contributed by atoms with van der Waals surface area (Å²) < 4.78 is 0. The molecule has 3 aromatic carbocycles. The molecule has 3 rings (SSSR count). The summed E-state index contributed by atoms with van der Waals surface area (Å²) in [6.07, 6.45) is 1.93. The van der Waals surface area contributed by atoms with Crippen molar-refractivity contribution in [1.82, 2.24) is 4.90 Å². The smallest absolute Gasteiger partial charge is 0.190 e. The first kappa shape index (κ1) is 20.3. The summed E-state index contributed by atoms with van der Waals surface area (Å²) in [5, 5.41) is 1.28. The van der Waals surface area contributed by atoms with Crippen LogP contribution in [0.25, 0.3) is 6.08 Å². The molecule has 3 aromatic rings. The van der Waals surface area contributed by atoms with Crippen LogP contribution in [0.15, 0.2) is 84.4 Å². The van der Waals surface area contributed by atoms with Gasteiger partial charge in [0.05, 0.1) is 0 Å². The van der Waals surface area contributed by atoms with Crippen LogP contribution < -0.4 is 0 Å². The highest BCUT2D eigenvalue weighted by atomic mass is 35.5. The molecule has 0 radical (unpaired) electrons. The number of Topliss-reactive ketones (excluding diaryl/α,β-unsaturated/α-hetero) is 1. The summed E-state index contributed by atoms with van der Waals surface area (Å²) in [5.41, 5.74) is 3.48. The van der Waals surface area contributed by atoms with Crippen LogP contribution in [0.4, 0.5) is 0 Å². The Labute approximate surface area is 176 Å². The molecular weight excluding hydrogens is 389 g/mol. The molecule has 0 fully saturated rings. The fraction of sp³-hybridized carbons (Fsp3) is 0.125. The van der Waals surface area contributed by atoms with Gasteiger partial charge in [-0.1, -0.05) is 65.7 Å². The van der Waals surface area contributed by atoms with E-state index in [2.05, 4.69) is 17.0 Å². The van der Waals surface area contributed by atoms with Crippen molar-refractivity contribution in [1.29, 1.82) is 0 Å². The molecule has 0 atom stereocenters. The number of benzene rings is 3. The third-order valence-corrected chi connectivity index (χ3v) is 4.85. The predicted octanol–water partition coefficient (Wildman–Crippen LogP) is 6.39. The number of hydrogen-bond acceptors (Lipinski definition) is 2. The molecule has 0 heterocycles. The van der Waals surface area contributed by atoms with Gasteiger partial charge in [-0.3, -0.25) is 9.69 Å². The van der Waals surface area contributed by atoms with E-state index >= 15 is 0 Å². The molecule has 0 unspecified atom stereocenters. The van der Waals surface area contributed by atoms with E-state index in [1.807, 2.05) is 55.6 Å². The quantitative estimate of drug-likeness (QED) is 0.332. The van der Waals surface area contributed by atoms with Crippen LogP contribution in [0.1, 0.15) is 21.5 Å². The standard InChI is InChI=1S/C24H21Cl2NO/c1-27(16-19-5-3-2-4-6-19)17-21(15-18-7-11-22(25)12-8-18)24(28)20-9-13-23(26)14-10-20/h2-15H,16-17H2,1H3/b21-15+. The number of rotatable bonds is 7. The minimum Gasteiger partial charge on any atom is -0.298 e. The molecule has 0 aromatic heterocycles. The summed E-state index contributed by atoms with van der Waals surface area (Å²) in [6.45, 7) is 1.28. The van der Waals surface area contributed by atoms with Crippen molar-refractivity contribution in [2.75, 3.05) is 13.6 Å². The first-order chi connectivity index (χ1) is 13.5. The molecule has 142 valence electrons. The zero-order chi connectivity index (χ0) is 19.9. The van der Waals surface area contributed by atoms with E-state index in [-0.39, 0.29) is 5.78 Å². The zero-order valence-corrected chi connectivity index (χ0v) is 17.1. The summed E-state index contributed by atoms with van der Waals surface area (Å²) in [6, 6.07) is 24.7. The lowest BCUT2D eigenvalue weighted by atomic mass is 10.00. The molecule has 0 amide bonds. The maximum atomic E-state index is 13.2. The molecule has 0 aliphatic carbocycles. The van der Waals surface area contributed by atoms with Gasteiger partial charge in [-0.2, -0.15) is 0 Å². The lowest BCUT2D eigenvalue weighted by molar-refractivity contribution is 0.102. The molecule has 0 aliphatic rings. The molecule has 0 aliphatic heterocycles. The van der Waals surface area contributed by atoms with Crippen LogP contribution in [0.2, 0.25) is 10.0 Å². The topological polar surface area (TPSA) is 20.3 Å². The van der Waals surface area contributed by atoms with Gasteiger partial charge in [0.15, 0.2) is 5.78 Å². The highest BCUT2D eigenvalue weighted by Crippen LogP contribution is 2.18. The van der Waals surface area contributed by atoms with Crippen molar-refractivity contribution in [3.05, 3.63) is 111 Å². The number of carbonyl (C=O) groups excluding carboxylic acids is 1. The summed E-state index contributed by atoms with van der Waals surface area (Å²) in [5.74, 6) is -0.00784. The largest absolute Gasteiger partial charge is 0.298 e. The third-order valence-electron chi connectivity index (χ3n) is 4.34. The van der Waals surface area contributed by atoms with Gasteiger partial charge in [0.2, 0.25) is 0 Å². The Bertz CT molecular complexity index is 948. The van der Waals surface area contributed by atoms with E-state index in [4.69, 9.17) is 23.2 Å². The van der Waals surface area contributed by atoms with Gasteiger partial charge in [-0.25, -0.2) is 0 Å². The van der Waals surface area contributed by atoms with Gasteiger partial charge < -0.3 is 0 Å². The molecule has 28 heavy (non-hydrogen) atoms. The van der Waals surface area contributed by atoms with E-state index in [1.54, 1.807) is 24.3 Å². The van der Waals surface area contributed by atoms with E-state index in [0.717, 1.165) is 12.1 Å². The SMILES string of the molecule is CN(C/C(=C\c1ccc(Cl)cc1)C(=O)c1ccc(Cl)cc1)Cc1ccccc1. The Morgan fingerprint density at radius 1 is 0.857 bits per heavy atom. The predicted molar refractivity (Wildman–Crippen MR) is 118 cm³/mol. The molecule has 0 N–H and O–H groups in total. The van der Waals surface area contributed by atoms with E-state index < -0.39 is 0 Å². The van der Waals surface area contributed by atoms with Crippen LogP contribution in [-0.2, 0) is 6.54 Å². The second-order valence-electron chi connectivity index (χ2n) is 6.72. The minimum absolute atomic E-state index is 0.00784. The fourth-order valence-corrected chi connectivity index (χ4v) is 3.22. The second kappa shape index (κ2) is 9.70. The van der Waals surface area contributed by atoms with Gasteiger partial charge in [0, 0.05) is 34.3 Å². The van der Waals surface area contributed by atoms with Gasteiger partial charge in [0.25, 0.3) is 0 Å². The van der Waals surface area contributed by atoms with Gasteiger partial charge in [0.1, 0.15) is 0 Å². The lowest BCUT2D eigenvalue weighted by Crippen LogP contribution is -2.24.